The summed E-state index contributed by atoms with van der Waals surface area (Å²) in [5, 5.41) is 2.87. The molecule has 0 bridgehead atoms. The Morgan fingerprint density at radius 1 is 1.03 bits per heavy atom. The largest absolute Gasteiger partial charge is 0.354 e. The Morgan fingerprint density at radius 3 is 2.34 bits per heavy atom. The molecule has 2 rings (SSSR count). The number of amides is 2. The Balaban J connectivity index is 2.25. The minimum Gasteiger partial charge on any atom is -0.354 e. The number of carbonyl (C=O) groups excluding carboxylic acids is 2. The van der Waals surface area contributed by atoms with Crippen LogP contribution in [0.2, 0.25) is 0 Å². The normalized spacial score (nSPS) is 11.7. The summed E-state index contributed by atoms with van der Waals surface area (Å²) in [5.41, 5.74) is 0.982. The molecule has 2 aromatic rings. The van der Waals surface area contributed by atoms with E-state index in [4.69, 9.17) is 0 Å². The second kappa shape index (κ2) is 11.3. The second-order valence-electron chi connectivity index (χ2n) is 6.98. The lowest BCUT2D eigenvalue weighted by Crippen LogP contribution is -2.49. The predicted molar refractivity (Wildman–Crippen MR) is 109 cm³/mol. The van der Waals surface area contributed by atoms with Crippen molar-refractivity contribution in [2.45, 2.75) is 52.1 Å². The van der Waals surface area contributed by atoms with Crippen LogP contribution in [0.4, 0.5) is 8.78 Å². The van der Waals surface area contributed by atoms with Gasteiger partial charge in [0.2, 0.25) is 11.8 Å². The van der Waals surface area contributed by atoms with Crippen LogP contribution in [0, 0.1) is 11.6 Å². The molecule has 0 spiro atoms. The van der Waals surface area contributed by atoms with Crippen molar-refractivity contribution in [3.8, 4) is 0 Å². The molecule has 0 radical (unpaired) electrons. The average molecular weight is 402 g/mol. The fourth-order valence-corrected chi connectivity index (χ4v) is 3.12. The van der Waals surface area contributed by atoms with Gasteiger partial charge in [-0.3, -0.25) is 9.59 Å². The molecule has 0 unspecified atom stereocenters. The Kier molecular flexibility index (Phi) is 8.77. The lowest BCUT2D eigenvalue weighted by molar-refractivity contribution is -0.141. The van der Waals surface area contributed by atoms with Crippen LogP contribution in [0.5, 0.6) is 0 Å². The van der Waals surface area contributed by atoms with Crippen molar-refractivity contribution in [2.24, 2.45) is 0 Å². The number of nitrogens with zero attached hydrogens (tertiary/aromatic N) is 1. The first kappa shape index (κ1) is 22.5. The molecule has 1 N–H and O–H groups in total. The summed E-state index contributed by atoms with van der Waals surface area (Å²) < 4.78 is 27.3. The zero-order valence-electron chi connectivity index (χ0n) is 17.0. The molecule has 0 saturated carbocycles. The van der Waals surface area contributed by atoms with Crippen LogP contribution < -0.4 is 5.32 Å². The summed E-state index contributed by atoms with van der Waals surface area (Å²) in [6.45, 7) is 4.55. The van der Waals surface area contributed by atoms with Crippen molar-refractivity contribution in [1.82, 2.24) is 10.2 Å². The number of benzene rings is 2. The zero-order valence-corrected chi connectivity index (χ0v) is 17.0. The number of hydrogen-bond donors (Lipinski definition) is 1. The molecule has 0 aliphatic carbocycles. The molecule has 1 atom stereocenters. The summed E-state index contributed by atoms with van der Waals surface area (Å²) in [5.74, 6) is -1.41. The van der Waals surface area contributed by atoms with E-state index in [1.807, 2.05) is 13.8 Å². The van der Waals surface area contributed by atoms with Crippen LogP contribution in [0.3, 0.4) is 0 Å². The minimum absolute atomic E-state index is 0.146. The summed E-state index contributed by atoms with van der Waals surface area (Å²) >= 11 is 0. The van der Waals surface area contributed by atoms with Gasteiger partial charge in [0, 0.05) is 13.1 Å². The highest BCUT2D eigenvalue weighted by molar-refractivity contribution is 5.88. The lowest BCUT2D eigenvalue weighted by atomic mass is 10.1. The predicted octanol–water partition coefficient (Wildman–Crippen LogP) is 4.23. The second-order valence-corrected chi connectivity index (χ2v) is 6.98. The average Bonchev–Trinajstić information content (AvgIpc) is 2.71. The van der Waals surface area contributed by atoms with E-state index < -0.39 is 11.9 Å². The van der Waals surface area contributed by atoms with Crippen molar-refractivity contribution in [1.29, 1.82) is 0 Å². The number of nitrogens with one attached hydrogen (secondary N) is 1. The molecule has 6 heteroatoms. The molecule has 2 amide bonds. The molecule has 4 nitrogen and oxygen atoms in total. The molecular formula is C23H28F2N2O2. The summed E-state index contributed by atoms with van der Waals surface area (Å²) in [7, 11) is 0. The lowest BCUT2D eigenvalue weighted by Gasteiger charge is -2.31. The highest BCUT2D eigenvalue weighted by Gasteiger charge is 2.28. The number of hydrogen-bond acceptors (Lipinski definition) is 2. The van der Waals surface area contributed by atoms with E-state index in [1.165, 1.54) is 23.1 Å². The van der Waals surface area contributed by atoms with E-state index in [0.717, 1.165) is 12.8 Å². The van der Waals surface area contributed by atoms with Gasteiger partial charge in [0.1, 0.15) is 17.7 Å². The summed E-state index contributed by atoms with van der Waals surface area (Å²) in [6, 6.07) is 11.2. The van der Waals surface area contributed by atoms with Gasteiger partial charge in [0.15, 0.2) is 0 Å². The third-order valence-electron chi connectivity index (χ3n) is 4.78. The van der Waals surface area contributed by atoms with Gasteiger partial charge >= 0.3 is 0 Å². The minimum atomic E-state index is -0.684. The first-order valence-electron chi connectivity index (χ1n) is 10.0. The van der Waals surface area contributed by atoms with E-state index >= 15 is 0 Å². The van der Waals surface area contributed by atoms with E-state index in [9.17, 15) is 18.4 Å². The van der Waals surface area contributed by atoms with Crippen LogP contribution in [-0.4, -0.2) is 29.3 Å². The van der Waals surface area contributed by atoms with Crippen LogP contribution in [0.25, 0.3) is 0 Å². The van der Waals surface area contributed by atoms with Crippen molar-refractivity contribution in [3.05, 3.63) is 71.3 Å². The van der Waals surface area contributed by atoms with Crippen molar-refractivity contribution < 1.29 is 18.4 Å². The third kappa shape index (κ3) is 6.66. The summed E-state index contributed by atoms with van der Waals surface area (Å²) in [6.07, 6.45) is 2.07. The highest BCUT2D eigenvalue weighted by Crippen LogP contribution is 2.16. The molecule has 0 saturated heterocycles. The van der Waals surface area contributed by atoms with Gasteiger partial charge in [-0.1, -0.05) is 50.6 Å². The van der Waals surface area contributed by atoms with Crippen molar-refractivity contribution in [3.63, 3.8) is 0 Å². The molecule has 156 valence electrons. The molecular weight excluding hydrogens is 374 g/mol. The number of rotatable bonds is 10. The molecule has 2 aromatic carbocycles. The first-order chi connectivity index (χ1) is 14.0. The number of unbranched alkanes of at least 4 members (excludes halogenated alkanes) is 1. The Labute approximate surface area is 170 Å². The van der Waals surface area contributed by atoms with Crippen LogP contribution in [-0.2, 0) is 22.6 Å². The van der Waals surface area contributed by atoms with Crippen LogP contribution in [0.15, 0.2) is 48.5 Å². The summed E-state index contributed by atoms with van der Waals surface area (Å²) in [4.78, 5) is 27.3. The van der Waals surface area contributed by atoms with Gasteiger partial charge < -0.3 is 10.2 Å². The fourth-order valence-electron chi connectivity index (χ4n) is 3.12. The third-order valence-corrected chi connectivity index (χ3v) is 4.78. The monoisotopic (exact) mass is 402 g/mol. The van der Waals surface area contributed by atoms with E-state index in [1.54, 1.807) is 30.3 Å². The maximum Gasteiger partial charge on any atom is 0.242 e. The molecule has 0 fully saturated rings. The molecule has 0 aromatic heterocycles. The van der Waals surface area contributed by atoms with Gasteiger partial charge in [0.25, 0.3) is 0 Å². The quantitative estimate of drug-likeness (QED) is 0.605. The molecule has 0 aliphatic rings. The molecule has 0 heterocycles. The standard InChI is InChI=1S/C23H28F2N2O2/c1-3-5-14-26-23(29)21(4-2)27(16-17-10-12-19(24)13-11-17)22(28)15-18-8-6-7-9-20(18)25/h6-13,21H,3-5,14-16H2,1-2H3,(H,26,29)/t21-/m1/s1. The van der Waals surface area contributed by atoms with Crippen LogP contribution in [0.1, 0.15) is 44.2 Å². The first-order valence-corrected chi connectivity index (χ1v) is 10.0. The van der Waals surface area contributed by atoms with E-state index in [0.29, 0.717) is 18.5 Å². The smallest absolute Gasteiger partial charge is 0.242 e. The SMILES string of the molecule is CCCCNC(=O)[C@@H](CC)N(Cc1ccc(F)cc1)C(=O)Cc1ccccc1F. The highest BCUT2D eigenvalue weighted by atomic mass is 19.1. The van der Waals surface area contributed by atoms with Gasteiger partial charge in [-0.15, -0.1) is 0 Å². The van der Waals surface area contributed by atoms with Crippen molar-refractivity contribution >= 4 is 11.8 Å². The Bertz CT molecular complexity index is 809. The fraction of sp³-hybridized carbons (Fsp3) is 0.391. The van der Waals surface area contributed by atoms with E-state index in [2.05, 4.69) is 5.32 Å². The molecule has 0 aliphatic heterocycles. The Morgan fingerprint density at radius 2 is 1.72 bits per heavy atom. The zero-order chi connectivity index (χ0) is 21.2. The van der Waals surface area contributed by atoms with Gasteiger partial charge in [0.05, 0.1) is 6.42 Å². The van der Waals surface area contributed by atoms with Gasteiger partial charge in [-0.05, 0) is 42.2 Å². The van der Waals surface area contributed by atoms with Crippen molar-refractivity contribution in [2.75, 3.05) is 6.54 Å². The number of halogens is 2. The van der Waals surface area contributed by atoms with Gasteiger partial charge in [-0.25, -0.2) is 8.78 Å². The van der Waals surface area contributed by atoms with Crippen LogP contribution >= 0.6 is 0 Å². The van der Waals surface area contributed by atoms with Gasteiger partial charge in [-0.2, -0.15) is 0 Å². The maximum atomic E-state index is 14.0. The number of carbonyl (C=O) groups is 2. The van der Waals surface area contributed by atoms with E-state index in [-0.39, 0.29) is 36.2 Å². The topological polar surface area (TPSA) is 49.4 Å². The molecule has 29 heavy (non-hydrogen) atoms. The Hall–Kier alpha value is -2.76. The maximum absolute atomic E-state index is 14.0.